The van der Waals surface area contributed by atoms with E-state index < -0.39 is 46.4 Å². The summed E-state index contributed by atoms with van der Waals surface area (Å²) in [5.41, 5.74) is -1.91. The second-order valence-electron chi connectivity index (χ2n) is 3.38. The number of methoxy groups -OCH3 is 1. The first-order valence-electron chi connectivity index (χ1n) is 4.87. The number of nitrogens with one attached hydrogen (secondary N) is 1. The zero-order valence-electron chi connectivity index (χ0n) is 9.82. The topological polar surface area (TPSA) is 112 Å². The van der Waals surface area contributed by atoms with E-state index in [1.165, 1.54) is 0 Å². The fraction of sp³-hybridized carbons (Fsp3) is 0.333. The van der Waals surface area contributed by atoms with Gasteiger partial charge in [-0.25, -0.2) is 9.78 Å². The molecule has 11 heteroatoms. The summed E-state index contributed by atoms with van der Waals surface area (Å²) in [5, 5.41) is 10.7. The Morgan fingerprint density at radius 1 is 1.50 bits per heavy atom. The maximum atomic E-state index is 12.2. The number of esters is 1. The number of carbonyl (C=O) groups is 1. The monoisotopic (exact) mass is 296 g/mol. The molecule has 0 amide bonds. The highest BCUT2D eigenvalue weighted by molar-refractivity contribution is 5.74. The van der Waals surface area contributed by atoms with Crippen LogP contribution in [0.2, 0.25) is 0 Å². The quantitative estimate of drug-likeness (QED) is 0.502. The number of rotatable bonds is 4. The molecule has 0 aliphatic rings. The van der Waals surface area contributed by atoms with Crippen molar-refractivity contribution >= 4 is 11.8 Å². The molecule has 0 aliphatic carbocycles. The molecule has 0 aromatic carbocycles. The maximum Gasteiger partial charge on any atom is 0.573 e. The summed E-state index contributed by atoms with van der Waals surface area (Å²) in [5.74, 6) is -3.23. The van der Waals surface area contributed by atoms with Crippen LogP contribution in [0, 0.1) is 10.1 Å². The van der Waals surface area contributed by atoms with Crippen LogP contribution in [-0.4, -0.2) is 29.3 Å². The Morgan fingerprint density at radius 3 is 2.55 bits per heavy atom. The average molecular weight is 296 g/mol. The van der Waals surface area contributed by atoms with Crippen molar-refractivity contribution in [3.63, 3.8) is 0 Å². The van der Waals surface area contributed by atoms with Gasteiger partial charge in [0.25, 0.3) is 0 Å². The predicted octanol–water partition coefficient (Wildman–Crippen LogP) is 0.897. The standard InChI is InChI=1S/C9H7F3N2O6/c1-19-7(16)2-4-5(20-9(10,11)12)3-6(15)13-8(4)14(17)18/h3H,2H2,1H3,(H,13,15). The van der Waals surface area contributed by atoms with Gasteiger partial charge >= 0.3 is 23.7 Å². The first kappa shape index (κ1) is 15.5. The highest BCUT2D eigenvalue weighted by Gasteiger charge is 2.35. The van der Waals surface area contributed by atoms with E-state index in [9.17, 15) is 32.9 Å². The van der Waals surface area contributed by atoms with Gasteiger partial charge in [0.05, 0.1) is 25.2 Å². The molecule has 0 fully saturated rings. The molecule has 1 rings (SSSR count). The lowest BCUT2D eigenvalue weighted by atomic mass is 10.1. The number of nitro groups is 1. The number of carbonyl (C=O) groups excluding carboxylic acids is 1. The number of nitrogens with zero attached hydrogens (tertiary/aromatic N) is 1. The van der Waals surface area contributed by atoms with Gasteiger partial charge < -0.3 is 19.6 Å². The smallest absolute Gasteiger partial charge is 0.469 e. The minimum atomic E-state index is -5.17. The first-order chi connectivity index (χ1) is 9.14. The molecule has 20 heavy (non-hydrogen) atoms. The van der Waals surface area contributed by atoms with E-state index in [2.05, 4.69) is 9.47 Å². The lowest BCUT2D eigenvalue weighted by Crippen LogP contribution is -2.22. The Balaban J connectivity index is 3.42. The number of halogens is 3. The van der Waals surface area contributed by atoms with Gasteiger partial charge in [0, 0.05) is 0 Å². The lowest BCUT2D eigenvalue weighted by molar-refractivity contribution is -0.390. The molecule has 0 saturated heterocycles. The van der Waals surface area contributed by atoms with E-state index in [4.69, 9.17) is 0 Å². The highest BCUT2D eigenvalue weighted by Crippen LogP contribution is 2.30. The maximum absolute atomic E-state index is 12.2. The largest absolute Gasteiger partial charge is 0.573 e. The Kier molecular flexibility index (Phi) is 4.32. The van der Waals surface area contributed by atoms with Crippen LogP contribution in [-0.2, 0) is 16.0 Å². The number of alkyl halides is 3. The second-order valence-corrected chi connectivity index (χ2v) is 3.38. The van der Waals surface area contributed by atoms with E-state index in [-0.39, 0.29) is 0 Å². The van der Waals surface area contributed by atoms with Crippen molar-refractivity contribution in [2.45, 2.75) is 12.8 Å². The van der Waals surface area contributed by atoms with E-state index in [1.54, 1.807) is 4.98 Å². The molecule has 1 aromatic rings. The summed E-state index contributed by atoms with van der Waals surface area (Å²) in [6.07, 6.45) is -6.04. The van der Waals surface area contributed by atoms with E-state index in [0.29, 0.717) is 6.07 Å². The normalized spacial score (nSPS) is 11.0. The molecule has 0 saturated carbocycles. The number of aromatic amines is 1. The fourth-order valence-electron chi connectivity index (χ4n) is 1.31. The number of pyridine rings is 1. The van der Waals surface area contributed by atoms with Gasteiger partial charge in [-0.15, -0.1) is 13.2 Å². The molecule has 0 bridgehead atoms. The van der Waals surface area contributed by atoms with Crippen molar-refractivity contribution in [1.82, 2.24) is 4.98 Å². The molecular formula is C9H7F3N2O6. The van der Waals surface area contributed by atoms with Crippen LogP contribution in [0.15, 0.2) is 10.9 Å². The molecule has 1 heterocycles. The lowest BCUT2D eigenvalue weighted by Gasteiger charge is -2.12. The summed E-state index contributed by atoms with van der Waals surface area (Å²) in [6.45, 7) is 0. The van der Waals surface area contributed by atoms with Gasteiger partial charge in [-0.2, -0.15) is 0 Å². The fourth-order valence-corrected chi connectivity index (χ4v) is 1.31. The number of hydrogen-bond acceptors (Lipinski definition) is 6. The molecular weight excluding hydrogens is 289 g/mol. The number of hydrogen-bond donors (Lipinski definition) is 1. The van der Waals surface area contributed by atoms with E-state index in [1.807, 2.05) is 0 Å². The summed E-state index contributed by atoms with van der Waals surface area (Å²) < 4.78 is 44.3. The average Bonchev–Trinajstić information content (AvgIpc) is 2.29. The van der Waals surface area contributed by atoms with Gasteiger partial charge in [-0.1, -0.05) is 0 Å². The molecule has 0 spiro atoms. The molecule has 0 atom stereocenters. The predicted molar refractivity (Wildman–Crippen MR) is 56.1 cm³/mol. The number of H-pyrrole nitrogens is 1. The van der Waals surface area contributed by atoms with Crippen LogP contribution in [0.25, 0.3) is 0 Å². The van der Waals surface area contributed by atoms with Crippen molar-refractivity contribution in [3.05, 3.63) is 32.1 Å². The number of ether oxygens (including phenoxy) is 2. The van der Waals surface area contributed by atoms with Crippen molar-refractivity contribution in [2.24, 2.45) is 0 Å². The van der Waals surface area contributed by atoms with E-state index >= 15 is 0 Å². The summed E-state index contributed by atoms with van der Waals surface area (Å²) in [4.78, 5) is 33.5. The van der Waals surface area contributed by atoms with Crippen molar-refractivity contribution in [2.75, 3.05) is 7.11 Å². The summed E-state index contributed by atoms with van der Waals surface area (Å²) in [6, 6.07) is 0.360. The Bertz CT molecular complexity index is 594. The van der Waals surface area contributed by atoms with Crippen LogP contribution in [0.5, 0.6) is 5.75 Å². The van der Waals surface area contributed by atoms with Gasteiger partial charge in [-0.05, 0) is 4.92 Å². The summed E-state index contributed by atoms with van der Waals surface area (Å²) in [7, 11) is 0.949. The Labute approximate surface area is 108 Å². The first-order valence-corrected chi connectivity index (χ1v) is 4.87. The van der Waals surface area contributed by atoms with Gasteiger partial charge in [-0.3, -0.25) is 4.79 Å². The van der Waals surface area contributed by atoms with Crippen LogP contribution < -0.4 is 10.3 Å². The summed E-state index contributed by atoms with van der Waals surface area (Å²) >= 11 is 0. The van der Waals surface area contributed by atoms with Gasteiger partial charge in [0.15, 0.2) is 0 Å². The minimum Gasteiger partial charge on any atom is -0.469 e. The number of aromatic nitrogens is 1. The molecule has 8 nitrogen and oxygen atoms in total. The van der Waals surface area contributed by atoms with Crippen LogP contribution in [0.3, 0.4) is 0 Å². The van der Waals surface area contributed by atoms with Crippen LogP contribution in [0.4, 0.5) is 19.0 Å². The van der Waals surface area contributed by atoms with Gasteiger partial charge in [0.1, 0.15) is 5.75 Å². The molecule has 0 aliphatic heterocycles. The Hall–Kier alpha value is -2.59. The van der Waals surface area contributed by atoms with Crippen LogP contribution >= 0.6 is 0 Å². The highest BCUT2D eigenvalue weighted by atomic mass is 19.4. The molecule has 0 unspecified atom stereocenters. The third kappa shape index (κ3) is 3.96. The third-order valence-corrected chi connectivity index (χ3v) is 2.04. The van der Waals surface area contributed by atoms with Crippen molar-refractivity contribution in [1.29, 1.82) is 0 Å². The molecule has 1 aromatic heterocycles. The molecule has 0 radical (unpaired) electrons. The second kappa shape index (κ2) is 5.59. The molecule has 1 N–H and O–H groups in total. The van der Waals surface area contributed by atoms with Crippen molar-refractivity contribution in [3.8, 4) is 5.75 Å². The van der Waals surface area contributed by atoms with Crippen LogP contribution in [0.1, 0.15) is 5.56 Å². The van der Waals surface area contributed by atoms with Crippen molar-refractivity contribution < 1.29 is 32.4 Å². The SMILES string of the molecule is COC(=O)Cc1c(OC(F)(F)F)cc(=O)[nH]c1[N+](=O)[O-]. The van der Waals surface area contributed by atoms with Gasteiger partial charge in [0.2, 0.25) is 0 Å². The zero-order valence-corrected chi connectivity index (χ0v) is 9.82. The van der Waals surface area contributed by atoms with E-state index in [0.717, 1.165) is 7.11 Å². The third-order valence-electron chi connectivity index (χ3n) is 2.04. The Morgan fingerprint density at radius 2 is 2.10 bits per heavy atom. The molecule has 110 valence electrons. The minimum absolute atomic E-state index is 0.360. The zero-order chi connectivity index (χ0) is 15.5.